The summed E-state index contributed by atoms with van der Waals surface area (Å²) in [6.07, 6.45) is 1.53. The summed E-state index contributed by atoms with van der Waals surface area (Å²) in [5, 5.41) is 2.79. The van der Waals surface area contributed by atoms with Crippen molar-refractivity contribution in [1.29, 1.82) is 0 Å². The third-order valence-corrected chi connectivity index (χ3v) is 6.37. The van der Waals surface area contributed by atoms with Crippen LogP contribution in [-0.4, -0.2) is 31.7 Å². The number of anilines is 1. The fraction of sp³-hybridized carbons (Fsp3) is 0.316. The zero-order valence-electron chi connectivity index (χ0n) is 14.9. The number of rotatable bonds is 8. The van der Waals surface area contributed by atoms with Crippen LogP contribution >= 0.6 is 22.6 Å². The topological polar surface area (TPSA) is 66.5 Å². The summed E-state index contributed by atoms with van der Waals surface area (Å²) < 4.78 is 28.0. The van der Waals surface area contributed by atoms with Gasteiger partial charge in [-0.25, -0.2) is 8.42 Å². The second-order valence-corrected chi connectivity index (χ2v) is 9.08. The first-order valence-electron chi connectivity index (χ1n) is 8.55. The average Bonchev–Trinajstić information content (AvgIpc) is 2.62. The monoisotopic (exact) mass is 486 g/mol. The first kappa shape index (κ1) is 20.9. The number of benzene rings is 2. The molecule has 0 aliphatic rings. The number of hydrogen-bond donors (Lipinski definition) is 1. The molecule has 0 aliphatic heterocycles. The van der Waals surface area contributed by atoms with Crippen LogP contribution in [0.2, 0.25) is 0 Å². The summed E-state index contributed by atoms with van der Waals surface area (Å²) in [7, 11) is -3.51. The van der Waals surface area contributed by atoms with Crippen LogP contribution < -0.4 is 5.32 Å². The van der Waals surface area contributed by atoms with Crippen LogP contribution in [0.4, 0.5) is 5.69 Å². The third kappa shape index (κ3) is 5.28. The first-order valence-corrected chi connectivity index (χ1v) is 11.1. The van der Waals surface area contributed by atoms with Gasteiger partial charge in [-0.1, -0.05) is 19.9 Å². The highest BCUT2D eigenvalue weighted by Crippen LogP contribution is 2.20. The minimum Gasteiger partial charge on any atom is -0.322 e. The molecule has 2 rings (SSSR count). The smallest absolute Gasteiger partial charge is 0.255 e. The number of carbonyl (C=O) groups excluding carboxylic acids is 1. The van der Waals surface area contributed by atoms with E-state index in [9.17, 15) is 13.2 Å². The highest BCUT2D eigenvalue weighted by Gasteiger charge is 2.22. The molecule has 1 N–H and O–H groups in total. The standard InChI is InChI=1S/C19H23IN2O3S/c1-3-12-22(13-4-2)26(24,25)18-10-8-17(9-11-18)21-19(23)15-6-5-7-16(20)14-15/h5-11,14H,3-4,12-13H2,1-2H3,(H,21,23). The Kier molecular flexibility index (Phi) is 7.60. The third-order valence-electron chi connectivity index (χ3n) is 3.78. The van der Waals surface area contributed by atoms with E-state index in [1.165, 1.54) is 16.4 Å². The van der Waals surface area contributed by atoms with Gasteiger partial charge in [-0.3, -0.25) is 4.79 Å². The van der Waals surface area contributed by atoms with Crippen molar-refractivity contribution in [2.75, 3.05) is 18.4 Å². The van der Waals surface area contributed by atoms with Gasteiger partial charge in [0.2, 0.25) is 10.0 Å². The van der Waals surface area contributed by atoms with Gasteiger partial charge in [0.15, 0.2) is 0 Å². The minimum atomic E-state index is -3.51. The number of nitrogens with one attached hydrogen (secondary N) is 1. The lowest BCUT2D eigenvalue weighted by Crippen LogP contribution is -2.32. The van der Waals surface area contributed by atoms with E-state index in [1.807, 2.05) is 26.0 Å². The van der Waals surface area contributed by atoms with E-state index in [-0.39, 0.29) is 10.8 Å². The lowest BCUT2D eigenvalue weighted by Gasteiger charge is -2.21. The Labute approximate surface area is 169 Å². The fourth-order valence-corrected chi connectivity index (χ4v) is 4.71. The fourth-order valence-electron chi connectivity index (χ4n) is 2.54. The summed E-state index contributed by atoms with van der Waals surface area (Å²) in [6, 6.07) is 13.6. The molecule has 0 atom stereocenters. The number of sulfonamides is 1. The molecule has 0 saturated carbocycles. The highest BCUT2D eigenvalue weighted by molar-refractivity contribution is 14.1. The predicted octanol–water partition coefficient (Wildman–Crippen LogP) is 4.35. The molecule has 2 aromatic carbocycles. The van der Waals surface area contributed by atoms with Crippen molar-refractivity contribution in [2.45, 2.75) is 31.6 Å². The maximum atomic E-state index is 12.7. The summed E-state index contributed by atoms with van der Waals surface area (Å²) in [4.78, 5) is 12.5. The molecule has 0 radical (unpaired) electrons. The van der Waals surface area contributed by atoms with Crippen LogP contribution in [-0.2, 0) is 10.0 Å². The van der Waals surface area contributed by atoms with Crippen molar-refractivity contribution in [2.24, 2.45) is 0 Å². The molecule has 0 bridgehead atoms. The zero-order valence-corrected chi connectivity index (χ0v) is 17.9. The molecule has 0 fully saturated rings. The van der Waals surface area contributed by atoms with Crippen LogP contribution in [0.15, 0.2) is 53.4 Å². The molecule has 0 aliphatic carbocycles. The molecule has 0 heterocycles. The zero-order chi connectivity index (χ0) is 19.2. The second-order valence-electron chi connectivity index (χ2n) is 5.89. The lowest BCUT2D eigenvalue weighted by molar-refractivity contribution is 0.102. The summed E-state index contributed by atoms with van der Waals surface area (Å²) >= 11 is 2.15. The molecule has 2 aromatic rings. The van der Waals surface area contributed by atoms with E-state index in [0.29, 0.717) is 24.3 Å². The molecule has 7 heteroatoms. The largest absolute Gasteiger partial charge is 0.322 e. The van der Waals surface area contributed by atoms with Gasteiger partial charge in [0.25, 0.3) is 5.91 Å². The SMILES string of the molecule is CCCN(CCC)S(=O)(=O)c1ccc(NC(=O)c2cccc(I)c2)cc1. The quantitative estimate of drug-likeness (QED) is 0.565. The maximum absolute atomic E-state index is 12.7. The van der Waals surface area contributed by atoms with Gasteiger partial charge in [-0.15, -0.1) is 0 Å². The van der Waals surface area contributed by atoms with E-state index < -0.39 is 10.0 Å². The summed E-state index contributed by atoms with van der Waals surface area (Å²) in [5.41, 5.74) is 1.12. The van der Waals surface area contributed by atoms with Gasteiger partial charge in [0.05, 0.1) is 4.90 Å². The predicted molar refractivity (Wildman–Crippen MR) is 113 cm³/mol. The highest BCUT2D eigenvalue weighted by atomic mass is 127. The molecular formula is C19H23IN2O3S. The Morgan fingerprint density at radius 3 is 2.19 bits per heavy atom. The van der Waals surface area contributed by atoms with Crippen LogP contribution in [0, 0.1) is 3.57 Å². The van der Waals surface area contributed by atoms with Crippen LogP contribution in [0.1, 0.15) is 37.0 Å². The van der Waals surface area contributed by atoms with E-state index in [2.05, 4.69) is 27.9 Å². The van der Waals surface area contributed by atoms with Crippen LogP contribution in [0.3, 0.4) is 0 Å². The van der Waals surface area contributed by atoms with Crippen molar-refractivity contribution >= 4 is 44.2 Å². The van der Waals surface area contributed by atoms with Gasteiger partial charge in [-0.05, 0) is 77.9 Å². The Hall–Kier alpha value is -1.45. The van der Waals surface area contributed by atoms with Crippen molar-refractivity contribution in [3.63, 3.8) is 0 Å². The van der Waals surface area contributed by atoms with Gasteiger partial charge in [0.1, 0.15) is 0 Å². The van der Waals surface area contributed by atoms with Gasteiger partial charge in [-0.2, -0.15) is 4.31 Å². The summed E-state index contributed by atoms with van der Waals surface area (Å²) in [6.45, 7) is 4.92. The number of amides is 1. The van der Waals surface area contributed by atoms with E-state index >= 15 is 0 Å². The second kappa shape index (κ2) is 9.48. The Bertz CT molecular complexity index is 845. The molecule has 140 valence electrons. The molecule has 0 spiro atoms. The van der Waals surface area contributed by atoms with Gasteiger partial charge >= 0.3 is 0 Å². The number of nitrogens with zero attached hydrogens (tertiary/aromatic N) is 1. The molecule has 0 unspecified atom stereocenters. The molecular weight excluding hydrogens is 463 g/mol. The molecule has 0 aromatic heterocycles. The molecule has 0 saturated heterocycles. The molecule has 26 heavy (non-hydrogen) atoms. The Balaban J connectivity index is 2.15. The number of hydrogen-bond acceptors (Lipinski definition) is 3. The minimum absolute atomic E-state index is 0.224. The van der Waals surface area contributed by atoms with Gasteiger partial charge < -0.3 is 5.32 Å². The van der Waals surface area contributed by atoms with Gasteiger partial charge in [0, 0.05) is 27.9 Å². The average molecular weight is 486 g/mol. The molecule has 5 nitrogen and oxygen atoms in total. The summed E-state index contributed by atoms with van der Waals surface area (Å²) in [5.74, 6) is -0.224. The van der Waals surface area contributed by atoms with Crippen molar-refractivity contribution in [1.82, 2.24) is 4.31 Å². The van der Waals surface area contributed by atoms with Crippen molar-refractivity contribution < 1.29 is 13.2 Å². The van der Waals surface area contributed by atoms with Crippen LogP contribution in [0.25, 0.3) is 0 Å². The molecule has 1 amide bonds. The van der Waals surface area contributed by atoms with Crippen molar-refractivity contribution in [3.8, 4) is 0 Å². The van der Waals surface area contributed by atoms with E-state index in [4.69, 9.17) is 0 Å². The van der Waals surface area contributed by atoms with E-state index in [0.717, 1.165) is 16.4 Å². The van der Waals surface area contributed by atoms with E-state index in [1.54, 1.807) is 24.3 Å². The first-order chi connectivity index (χ1) is 12.4. The lowest BCUT2D eigenvalue weighted by atomic mass is 10.2. The van der Waals surface area contributed by atoms with Crippen molar-refractivity contribution in [3.05, 3.63) is 57.7 Å². The van der Waals surface area contributed by atoms with Crippen LogP contribution in [0.5, 0.6) is 0 Å². The number of halogens is 1. The maximum Gasteiger partial charge on any atom is 0.255 e. The Morgan fingerprint density at radius 1 is 1.04 bits per heavy atom. The number of carbonyl (C=O) groups is 1. The Morgan fingerprint density at radius 2 is 1.65 bits per heavy atom. The normalized spacial score (nSPS) is 11.5.